The standard InChI is InChI=1S/C11H11F4NO4/c1-3-19-10(17)8-6(4-12)7(20-11(13,14)15)5-16-9(8)18-2/h5H,3-4H2,1-2H3. The quantitative estimate of drug-likeness (QED) is 0.617. The molecule has 1 heterocycles. The highest BCUT2D eigenvalue weighted by Crippen LogP contribution is 2.33. The fourth-order valence-corrected chi connectivity index (χ4v) is 1.43. The van der Waals surface area contributed by atoms with Crippen LogP contribution in [-0.4, -0.2) is 31.0 Å². The Morgan fingerprint density at radius 2 is 2.05 bits per heavy atom. The summed E-state index contributed by atoms with van der Waals surface area (Å²) < 4.78 is 62.6. The van der Waals surface area contributed by atoms with Gasteiger partial charge in [0, 0.05) is 5.56 Å². The lowest BCUT2D eigenvalue weighted by Gasteiger charge is -2.15. The maximum absolute atomic E-state index is 13.0. The molecule has 0 fully saturated rings. The van der Waals surface area contributed by atoms with Crippen LogP contribution in [0.15, 0.2) is 6.20 Å². The predicted octanol–water partition coefficient (Wildman–Crippen LogP) is 2.64. The van der Waals surface area contributed by atoms with Crippen LogP contribution in [0.4, 0.5) is 17.6 Å². The van der Waals surface area contributed by atoms with Gasteiger partial charge in [-0.1, -0.05) is 0 Å². The van der Waals surface area contributed by atoms with Gasteiger partial charge in [-0.2, -0.15) is 0 Å². The molecule has 112 valence electrons. The molecule has 1 aromatic heterocycles. The van der Waals surface area contributed by atoms with E-state index in [0.717, 1.165) is 7.11 Å². The Labute approximate surface area is 111 Å². The van der Waals surface area contributed by atoms with Crippen LogP contribution in [0.1, 0.15) is 22.8 Å². The summed E-state index contributed by atoms with van der Waals surface area (Å²) in [6.45, 7) is 0.0689. The number of hydrogen-bond donors (Lipinski definition) is 0. The zero-order chi connectivity index (χ0) is 15.3. The second kappa shape index (κ2) is 6.40. The SMILES string of the molecule is CCOC(=O)c1c(OC)ncc(OC(F)(F)F)c1CF. The summed E-state index contributed by atoms with van der Waals surface area (Å²) in [5, 5.41) is 0. The molecule has 0 aliphatic heterocycles. The predicted molar refractivity (Wildman–Crippen MR) is 58.2 cm³/mol. The second-order valence-corrected chi connectivity index (χ2v) is 3.39. The molecule has 9 heteroatoms. The van der Waals surface area contributed by atoms with E-state index in [1.165, 1.54) is 6.92 Å². The first-order valence-corrected chi connectivity index (χ1v) is 5.38. The number of esters is 1. The lowest BCUT2D eigenvalue weighted by atomic mass is 10.1. The van der Waals surface area contributed by atoms with Crippen LogP contribution >= 0.6 is 0 Å². The molecule has 0 unspecified atom stereocenters. The van der Waals surface area contributed by atoms with Crippen LogP contribution in [0.25, 0.3) is 0 Å². The van der Waals surface area contributed by atoms with Crippen molar-refractivity contribution < 1.29 is 36.6 Å². The summed E-state index contributed by atoms with van der Waals surface area (Å²) >= 11 is 0. The zero-order valence-corrected chi connectivity index (χ0v) is 10.6. The number of alkyl halides is 4. The van der Waals surface area contributed by atoms with E-state index in [2.05, 4.69) is 14.5 Å². The zero-order valence-electron chi connectivity index (χ0n) is 10.6. The van der Waals surface area contributed by atoms with Crippen molar-refractivity contribution in [3.63, 3.8) is 0 Å². The first-order valence-electron chi connectivity index (χ1n) is 5.38. The van der Waals surface area contributed by atoms with Crippen molar-refractivity contribution in [3.8, 4) is 11.6 Å². The highest BCUT2D eigenvalue weighted by Gasteiger charge is 2.34. The van der Waals surface area contributed by atoms with Crippen molar-refractivity contribution in [2.45, 2.75) is 20.0 Å². The Morgan fingerprint density at radius 3 is 2.50 bits per heavy atom. The average molecular weight is 297 g/mol. The van der Waals surface area contributed by atoms with Crippen molar-refractivity contribution in [1.82, 2.24) is 4.98 Å². The third-order valence-electron chi connectivity index (χ3n) is 2.14. The number of hydrogen-bond acceptors (Lipinski definition) is 5. The highest BCUT2D eigenvalue weighted by atomic mass is 19.4. The van der Waals surface area contributed by atoms with Gasteiger partial charge in [-0.05, 0) is 6.92 Å². The first kappa shape index (κ1) is 16.0. The van der Waals surface area contributed by atoms with E-state index in [1.54, 1.807) is 0 Å². The van der Waals surface area contributed by atoms with E-state index in [9.17, 15) is 22.4 Å². The largest absolute Gasteiger partial charge is 0.573 e. The van der Waals surface area contributed by atoms with Gasteiger partial charge in [-0.3, -0.25) is 0 Å². The summed E-state index contributed by atoms with van der Waals surface area (Å²) in [5.74, 6) is -2.30. The minimum absolute atomic E-state index is 0.0436. The van der Waals surface area contributed by atoms with Gasteiger partial charge in [0.05, 0.1) is 19.9 Å². The van der Waals surface area contributed by atoms with Gasteiger partial charge in [0.2, 0.25) is 5.88 Å². The molecule has 0 aliphatic carbocycles. The Bertz CT molecular complexity index is 490. The van der Waals surface area contributed by atoms with Gasteiger partial charge in [0.25, 0.3) is 0 Å². The van der Waals surface area contributed by atoms with Gasteiger partial charge < -0.3 is 14.2 Å². The monoisotopic (exact) mass is 297 g/mol. The van der Waals surface area contributed by atoms with Crippen molar-refractivity contribution in [1.29, 1.82) is 0 Å². The summed E-state index contributed by atoms with van der Waals surface area (Å²) in [5.41, 5.74) is -1.16. The molecule has 0 spiro atoms. The molecular weight excluding hydrogens is 286 g/mol. The van der Waals surface area contributed by atoms with Crippen molar-refractivity contribution in [3.05, 3.63) is 17.3 Å². The average Bonchev–Trinajstić information content (AvgIpc) is 2.36. The molecule has 0 amide bonds. The maximum Gasteiger partial charge on any atom is 0.573 e. The van der Waals surface area contributed by atoms with Gasteiger partial charge in [0.1, 0.15) is 12.2 Å². The molecule has 0 aromatic carbocycles. The van der Waals surface area contributed by atoms with E-state index < -0.39 is 35.9 Å². The molecule has 0 aliphatic rings. The van der Waals surface area contributed by atoms with E-state index in [1.807, 2.05) is 0 Å². The minimum atomic E-state index is -5.04. The summed E-state index contributed by atoms with van der Waals surface area (Å²) in [6, 6.07) is 0. The maximum atomic E-state index is 13.0. The van der Waals surface area contributed by atoms with Crippen molar-refractivity contribution in [2.24, 2.45) is 0 Å². The number of methoxy groups -OCH3 is 1. The number of aromatic nitrogens is 1. The molecule has 0 N–H and O–H groups in total. The van der Waals surface area contributed by atoms with Gasteiger partial charge in [-0.25, -0.2) is 14.2 Å². The summed E-state index contributed by atoms with van der Waals surface area (Å²) in [7, 11) is 1.14. The van der Waals surface area contributed by atoms with E-state index in [-0.39, 0.29) is 12.5 Å². The van der Waals surface area contributed by atoms with Gasteiger partial charge >= 0.3 is 12.3 Å². The molecular formula is C11H11F4NO4. The van der Waals surface area contributed by atoms with Crippen molar-refractivity contribution >= 4 is 5.97 Å². The third-order valence-corrected chi connectivity index (χ3v) is 2.14. The minimum Gasteiger partial charge on any atom is -0.480 e. The Hall–Kier alpha value is -2.06. The number of nitrogens with zero attached hydrogens (tertiary/aromatic N) is 1. The normalized spacial score (nSPS) is 11.1. The third kappa shape index (κ3) is 3.72. The van der Waals surface area contributed by atoms with E-state index in [0.29, 0.717) is 6.20 Å². The number of ether oxygens (including phenoxy) is 3. The molecule has 5 nitrogen and oxygen atoms in total. The van der Waals surface area contributed by atoms with Gasteiger partial charge in [-0.15, -0.1) is 13.2 Å². The second-order valence-electron chi connectivity index (χ2n) is 3.39. The van der Waals surface area contributed by atoms with Crippen LogP contribution < -0.4 is 9.47 Å². The van der Waals surface area contributed by atoms with Crippen LogP contribution in [-0.2, 0) is 11.4 Å². The van der Waals surface area contributed by atoms with Crippen LogP contribution in [0.5, 0.6) is 11.6 Å². The van der Waals surface area contributed by atoms with E-state index in [4.69, 9.17) is 4.74 Å². The first-order chi connectivity index (χ1) is 9.34. The Morgan fingerprint density at radius 1 is 1.40 bits per heavy atom. The molecule has 0 atom stereocenters. The molecule has 1 rings (SSSR count). The summed E-state index contributed by atoms with van der Waals surface area (Å²) in [6.07, 6.45) is -4.41. The van der Waals surface area contributed by atoms with Crippen molar-refractivity contribution in [2.75, 3.05) is 13.7 Å². The topological polar surface area (TPSA) is 57.7 Å². The smallest absolute Gasteiger partial charge is 0.480 e. The molecule has 1 aromatic rings. The summed E-state index contributed by atoms with van der Waals surface area (Å²) in [4.78, 5) is 15.2. The number of pyridine rings is 1. The number of rotatable bonds is 5. The Balaban J connectivity index is 3.36. The van der Waals surface area contributed by atoms with Gasteiger partial charge in [0.15, 0.2) is 5.75 Å². The highest BCUT2D eigenvalue weighted by molar-refractivity contribution is 5.94. The Kier molecular flexibility index (Phi) is 5.12. The number of carbonyl (C=O) groups is 1. The van der Waals surface area contributed by atoms with Crippen LogP contribution in [0.2, 0.25) is 0 Å². The lowest BCUT2D eigenvalue weighted by molar-refractivity contribution is -0.275. The fourth-order valence-electron chi connectivity index (χ4n) is 1.43. The molecule has 0 radical (unpaired) electrons. The molecule has 0 saturated heterocycles. The molecule has 0 bridgehead atoms. The lowest BCUT2D eigenvalue weighted by Crippen LogP contribution is -2.20. The molecule has 0 saturated carbocycles. The molecule has 20 heavy (non-hydrogen) atoms. The number of halogens is 4. The van der Waals surface area contributed by atoms with Crippen LogP contribution in [0.3, 0.4) is 0 Å². The number of carbonyl (C=O) groups excluding carboxylic acids is 1. The fraction of sp³-hybridized carbons (Fsp3) is 0.455. The van der Waals surface area contributed by atoms with Crippen LogP contribution in [0, 0.1) is 0 Å². The van der Waals surface area contributed by atoms with E-state index >= 15 is 0 Å².